The van der Waals surface area contributed by atoms with Crippen LogP contribution in [0.3, 0.4) is 0 Å². The van der Waals surface area contributed by atoms with Crippen LogP contribution in [0.4, 0.5) is 5.69 Å². The zero-order chi connectivity index (χ0) is 15.6. The molecule has 6 heteroatoms. The summed E-state index contributed by atoms with van der Waals surface area (Å²) in [7, 11) is -3.74. The van der Waals surface area contributed by atoms with E-state index in [0.717, 1.165) is 11.1 Å². The van der Waals surface area contributed by atoms with Crippen molar-refractivity contribution in [2.24, 2.45) is 0 Å². The number of rotatable bonds is 4. The maximum absolute atomic E-state index is 12.5. The van der Waals surface area contributed by atoms with E-state index in [9.17, 15) is 8.42 Å². The number of hydrogen-bond acceptors (Lipinski definition) is 3. The van der Waals surface area contributed by atoms with Gasteiger partial charge in [0.05, 0.1) is 5.69 Å². The van der Waals surface area contributed by atoms with E-state index in [1.807, 2.05) is 31.2 Å². The predicted octanol–water partition coefficient (Wildman–Crippen LogP) is 3.27. The molecule has 2 aromatic carbocycles. The number of nitrogens with two attached hydrogens (primary N) is 1. The highest BCUT2D eigenvalue weighted by Gasteiger charge is 2.21. The van der Waals surface area contributed by atoms with Gasteiger partial charge in [0, 0.05) is 11.1 Å². The van der Waals surface area contributed by atoms with Gasteiger partial charge in [0.15, 0.2) is 0 Å². The third-order valence-corrected chi connectivity index (χ3v) is 5.08. The normalized spacial score (nSPS) is 13.1. The maximum atomic E-state index is 12.5. The largest absolute Gasteiger partial charge is 0.398 e. The van der Waals surface area contributed by atoms with Gasteiger partial charge in [-0.25, -0.2) is 13.1 Å². The number of sulfonamides is 1. The third kappa shape index (κ3) is 3.56. The number of halogens is 1. The van der Waals surface area contributed by atoms with Crippen LogP contribution >= 0.6 is 11.6 Å². The zero-order valence-corrected chi connectivity index (χ0v) is 13.4. The Balaban J connectivity index is 2.34. The molecule has 0 amide bonds. The molecule has 0 bridgehead atoms. The van der Waals surface area contributed by atoms with Crippen molar-refractivity contribution in [3.8, 4) is 0 Å². The first-order valence-corrected chi connectivity index (χ1v) is 8.30. The summed E-state index contributed by atoms with van der Waals surface area (Å²) in [5.74, 6) is 0. The van der Waals surface area contributed by atoms with Crippen molar-refractivity contribution in [2.45, 2.75) is 24.8 Å². The Morgan fingerprint density at radius 2 is 1.86 bits per heavy atom. The van der Waals surface area contributed by atoms with E-state index in [2.05, 4.69) is 4.72 Å². The lowest BCUT2D eigenvalue weighted by Crippen LogP contribution is -2.28. The van der Waals surface area contributed by atoms with Gasteiger partial charge in [0.25, 0.3) is 0 Å². The summed E-state index contributed by atoms with van der Waals surface area (Å²) in [6, 6.07) is 11.6. The Labute approximate surface area is 130 Å². The molecular formula is C15H17ClN2O2S. The summed E-state index contributed by atoms with van der Waals surface area (Å²) in [6.45, 7) is 3.73. The van der Waals surface area contributed by atoms with Gasteiger partial charge >= 0.3 is 0 Å². The second kappa shape index (κ2) is 6.05. The molecule has 0 fully saturated rings. The zero-order valence-electron chi connectivity index (χ0n) is 11.8. The van der Waals surface area contributed by atoms with Gasteiger partial charge in [0.1, 0.15) is 4.90 Å². The van der Waals surface area contributed by atoms with Crippen molar-refractivity contribution in [2.75, 3.05) is 5.73 Å². The fourth-order valence-electron chi connectivity index (χ4n) is 2.17. The van der Waals surface area contributed by atoms with Gasteiger partial charge in [-0.15, -0.1) is 0 Å². The van der Waals surface area contributed by atoms with Crippen LogP contribution in [0.5, 0.6) is 0 Å². The molecule has 3 N–H and O–H groups in total. The first-order valence-electron chi connectivity index (χ1n) is 6.44. The Hall–Kier alpha value is -1.56. The Morgan fingerprint density at radius 3 is 2.52 bits per heavy atom. The minimum Gasteiger partial charge on any atom is -0.398 e. The fraction of sp³-hybridized carbons (Fsp3) is 0.200. The number of aryl methyl sites for hydroxylation is 1. The lowest BCUT2D eigenvalue weighted by Gasteiger charge is -2.17. The molecule has 21 heavy (non-hydrogen) atoms. The van der Waals surface area contributed by atoms with Crippen LogP contribution in [0.2, 0.25) is 5.02 Å². The molecule has 0 saturated heterocycles. The molecule has 0 spiro atoms. The number of anilines is 1. The van der Waals surface area contributed by atoms with E-state index in [-0.39, 0.29) is 16.6 Å². The molecule has 0 aliphatic heterocycles. The van der Waals surface area contributed by atoms with E-state index < -0.39 is 10.0 Å². The van der Waals surface area contributed by atoms with Crippen LogP contribution in [0.1, 0.15) is 24.1 Å². The van der Waals surface area contributed by atoms with Gasteiger partial charge in [-0.2, -0.15) is 0 Å². The summed E-state index contributed by atoms with van der Waals surface area (Å²) in [5.41, 5.74) is 7.85. The van der Waals surface area contributed by atoms with E-state index in [1.165, 1.54) is 12.1 Å². The number of nitrogen functional groups attached to an aromatic ring is 1. The molecule has 1 atom stereocenters. The highest BCUT2D eigenvalue weighted by Crippen LogP contribution is 2.25. The average molecular weight is 325 g/mol. The molecule has 2 aromatic rings. The lowest BCUT2D eigenvalue weighted by molar-refractivity contribution is 0.567. The van der Waals surface area contributed by atoms with Gasteiger partial charge in [-0.05, 0) is 43.2 Å². The molecule has 0 heterocycles. The quantitative estimate of drug-likeness (QED) is 0.848. The first kappa shape index (κ1) is 15.8. The molecule has 0 aliphatic carbocycles. The van der Waals surface area contributed by atoms with Crippen molar-refractivity contribution in [3.63, 3.8) is 0 Å². The smallest absolute Gasteiger partial charge is 0.243 e. The standard InChI is InChI=1S/C15H17ClN2O2S/c1-10-5-3-4-6-13(10)11(2)18-21(19,20)15-9-12(16)7-8-14(15)17/h3-9,11,18H,17H2,1-2H3. The predicted molar refractivity (Wildman–Crippen MR) is 85.8 cm³/mol. The Kier molecular flexibility index (Phi) is 4.56. The Morgan fingerprint density at radius 1 is 1.19 bits per heavy atom. The van der Waals surface area contributed by atoms with Gasteiger partial charge in [-0.3, -0.25) is 0 Å². The summed E-state index contributed by atoms with van der Waals surface area (Å²) in [4.78, 5) is -0.00423. The van der Waals surface area contributed by atoms with E-state index in [1.54, 1.807) is 13.0 Å². The fourth-order valence-corrected chi connectivity index (χ4v) is 3.79. The van der Waals surface area contributed by atoms with Crippen LogP contribution in [0.25, 0.3) is 0 Å². The van der Waals surface area contributed by atoms with Crippen LogP contribution in [0, 0.1) is 6.92 Å². The average Bonchev–Trinajstić information content (AvgIpc) is 2.41. The monoisotopic (exact) mass is 324 g/mol. The first-order chi connectivity index (χ1) is 9.81. The topological polar surface area (TPSA) is 72.2 Å². The van der Waals surface area contributed by atoms with Gasteiger partial charge in [-0.1, -0.05) is 35.9 Å². The number of hydrogen-bond donors (Lipinski definition) is 2. The van der Waals surface area contributed by atoms with Crippen molar-refractivity contribution in [3.05, 3.63) is 58.6 Å². The van der Waals surface area contributed by atoms with Crippen molar-refractivity contribution >= 4 is 27.3 Å². The summed E-state index contributed by atoms with van der Waals surface area (Å²) in [5, 5.41) is 0.327. The molecule has 2 rings (SSSR count). The highest BCUT2D eigenvalue weighted by molar-refractivity contribution is 7.89. The van der Waals surface area contributed by atoms with E-state index in [4.69, 9.17) is 17.3 Å². The second-order valence-electron chi connectivity index (χ2n) is 4.88. The highest BCUT2D eigenvalue weighted by atomic mass is 35.5. The van der Waals surface area contributed by atoms with Crippen LogP contribution in [-0.4, -0.2) is 8.42 Å². The molecule has 0 aliphatic rings. The molecule has 0 saturated carbocycles. The molecular weight excluding hydrogens is 308 g/mol. The van der Waals surface area contributed by atoms with Crippen LogP contribution < -0.4 is 10.5 Å². The summed E-state index contributed by atoms with van der Waals surface area (Å²) < 4.78 is 27.5. The molecule has 0 aromatic heterocycles. The van der Waals surface area contributed by atoms with Crippen molar-refractivity contribution in [1.82, 2.24) is 4.72 Å². The SMILES string of the molecule is Cc1ccccc1C(C)NS(=O)(=O)c1cc(Cl)ccc1N. The number of benzene rings is 2. The second-order valence-corrected chi connectivity index (χ2v) is 7.00. The Bertz CT molecular complexity index is 760. The van der Waals surface area contributed by atoms with E-state index >= 15 is 0 Å². The van der Waals surface area contributed by atoms with E-state index in [0.29, 0.717) is 5.02 Å². The van der Waals surface area contributed by atoms with Crippen LogP contribution in [0.15, 0.2) is 47.4 Å². The third-order valence-electron chi connectivity index (χ3n) is 3.25. The minimum absolute atomic E-state index is 0.00423. The summed E-state index contributed by atoms with van der Waals surface area (Å²) in [6.07, 6.45) is 0. The molecule has 112 valence electrons. The lowest BCUT2D eigenvalue weighted by atomic mass is 10.0. The molecule has 1 unspecified atom stereocenters. The molecule has 4 nitrogen and oxygen atoms in total. The van der Waals surface area contributed by atoms with Crippen molar-refractivity contribution < 1.29 is 8.42 Å². The molecule has 0 radical (unpaired) electrons. The van der Waals surface area contributed by atoms with Gasteiger partial charge < -0.3 is 5.73 Å². The van der Waals surface area contributed by atoms with Gasteiger partial charge in [0.2, 0.25) is 10.0 Å². The maximum Gasteiger partial charge on any atom is 0.243 e. The van der Waals surface area contributed by atoms with Crippen molar-refractivity contribution in [1.29, 1.82) is 0 Å². The van der Waals surface area contributed by atoms with Crippen LogP contribution in [-0.2, 0) is 10.0 Å². The summed E-state index contributed by atoms with van der Waals surface area (Å²) >= 11 is 5.85. The number of nitrogens with one attached hydrogen (secondary N) is 1. The minimum atomic E-state index is -3.74.